The van der Waals surface area contributed by atoms with Crippen LogP contribution in [0.5, 0.6) is 0 Å². The van der Waals surface area contributed by atoms with Crippen LogP contribution < -0.4 is 0 Å². The van der Waals surface area contributed by atoms with Gasteiger partial charge in [0.25, 0.3) is 0 Å². The zero-order valence-electron chi connectivity index (χ0n) is 5.91. The zero-order valence-corrected chi connectivity index (χ0v) is 8.25. The maximum Gasteiger partial charge on any atom is 0.190 e. The van der Waals surface area contributed by atoms with E-state index < -0.39 is 5.08 Å². The van der Waals surface area contributed by atoms with Crippen LogP contribution >= 0.6 is 27.5 Å². The molecule has 0 saturated heterocycles. The van der Waals surface area contributed by atoms with Gasteiger partial charge in [0, 0.05) is 0 Å². The molecule has 0 fully saturated rings. The predicted octanol–water partition coefficient (Wildman–Crippen LogP) is 3.99. The van der Waals surface area contributed by atoms with Gasteiger partial charge >= 0.3 is 0 Å². The summed E-state index contributed by atoms with van der Waals surface area (Å²) in [7, 11) is 0. The first-order valence-electron chi connectivity index (χ1n) is 3.32. The number of rotatable bonds is 4. The van der Waals surface area contributed by atoms with Crippen LogP contribution in [0.1, 0.15) is 26.2 Å². The van der Waals surface area contributed by atoms with Gasteiger partial charge in [-0.25, -0.2) is 4.39 Å². The molecule has 0 aromatic rings. The van der Waals surface area contributed by atoms with E-state index >= 15 is 0 Å². The summed E-state index contributed by atoms with van der Waals surface area (Å²) in [4.78, 5) is 0. The second-order valence-corrected chi connectivity index (χ2v) is 3.27. The third-order valence-corrected chi connectivity index (χ3v) is 2.21. The zero-order chi connectivity index (χ0) is 7.98. The Hall–Kier alpha value is 0.440. The van der Waals surface area contributed by atoms with Crippen LogP contribution in [-0.2, 0) is 0 Å². The van der Waals surface area contributed by atoms with Crippen LogP contribution in [0.2, 0.25) is 0 Å². The molecule has 1 unspecified atom stereocenters. The molecule has 0 rings (SSSR count). The summed E-state index contributed by atoms with van der Waals surface area (Å²) in [5, 5.41) is -0.931. The van der Waals surface area contributed by atoms with Gasteiger partial charge in [0.1, 0.15) is 0 Å². The Morgan fingerprint density at radius 3 is 2.80 bits per heavy atom. The summed E-state index contributed by atoms with van der Waals surface area (Å²) in [5.41, 5.74) is 0. The quantitative estimate of drug-likeness (QED) is 0.505. The molecular weight excluding hydrogens is 218 g/mol. The Labute approximate surface area is 74.6 Å². The number of halogens is 3. The summed E-state index contributed by atoms with van der Waals surface area (Å²) < 4.78 is 12.2. The lowest BCUT2D eigenvalue weighted by Crippen LogP contribution is -1.85. The molecule has 10 heavy (non-hydrogen) atoms. The van der Waals surface area contributed by atoms with Crippen LogP contribution in [0, 0.1) is 0 Å². The maximum absolute atomic E-state index is 12.2. The van der Waals surface area contributed by atoms with Crippen LogP contribution in [0.15, 0.2) is 11.1 Å². The minimum absolute atomic E-state index is 0.258. The Morgan fingerprint density at radius 2 is 2.40 bits per heavy atom. The molecule has 0 spiro atoms. The molecule has 0 aliphatic rings. The van der Waals surface area contributed by atoms with Crippen molar-refractivity contribution in [1.29, 1.82) is 0 Å². The molecule has 3 heteroatoms. The largest absolute Gasteiger partial charge is 0.229 e. The molecule has 0 nitrogen and oxygen atoms in total. The Morgan fingerprint density at radius 1 is 1.80 bits per heavy atom. The van der Waals surface area contributed by atoms with Gasteiger partial charge in [0.2, 0.25) is 0 Å². The number of alkyl halides is 2. The Balaban J connectivity index is 3.48. The van der Waals surface area contributed by atoms with Gasteiger partial charge in [-0.1, -0.05) is 37.4 Å². The Kier molecular flexibility index (Phi) is 6.44. The molecule has 0 N–H and O–H groups in total. The lowest BCUT2D eigenvalue weighted by atomic mass is 10.2. The summed E-state index contributed by atoms with van der Waals surface area (Å²) in [6.07, 6.45) is 4.75. The summed E-state index contributed by atoms with van der Waals surface area (Å²) in [6, 6.07) is 0. The molecule has 0 heterocycles. The van der Waals surface area contributed by atoms with E-state index in [1.54, 1.807) is 6.08 Å². The minimum atomic E-state index is -1.19. The van der Waals surface area contributed by atoms with E-state index in [4.69, 9.17) is 11.6 Å². The standard InChI is InChI=1S/C7H11BrClF/c1-2-3-4-5-6(9)7(8)10/h5,7H,2-4H2,1H3. The highest BCUT2D eigenvalue weighted by molar-refractivity contribution is 9.09. The van der Waals surface area contributed by atoms with Gasteiger partial charge in [0.15, 0.2) is 5.08 Å². The maximum atomic E-state index is 12.2. The monoisotopic (exact) mass is 228 g/mol. The smallest absolute Gasteiger partial charge is 0.190 e. The van der Waals surface area contributed by atoms with E-state index in [1.807, 2.05) is 0 Å². The van der Waals surface area contributed by atoms with E-state index in [2.05, 4.69) is 22.9 Å². The minimum Gasteiger partial charge on any atom is -0.229 e. The lowest BCUT2D eigenvalue weighted by molar-refractivity contribution is 0.521. The first-order chi connectivity index (χ1) is 4.68. The van der Waals surface area contributed by atoms with Gasteiger partial charge in [0.05, 0.1) is 5.03 Å². The van der Waals surface area contributed by atoms with Gasteiger partial charge in [-0.3, -0.25) is 0 Å². The first-order valence-corrected chi connectivity index (χ1v) is 4.61. The molecule has 0 aromatic heterocycles. The lowest BCUT2D eigenvalue weighted by Gasteiger charge is -1.95. The van der Waals surface area contributed by atoms with E-state index in [-0.39, 0.29) is 5.03 Å². The fraction of sp³-hybridized carbons (Fsp3) is 0.714. The van der Waals surface area contributed by atoms with Crippen molar-refractivity contribution < 1.29 is 4.39 Å². The van der Waals surface area contributed by atoms with Crippen molar-refractivity contribution in [1.82, 2.24) is 0 Å². The SMILES string of the molecule is CCCCC=C(Cl)C(F)Br. The van der Waals surface area contributed by atoms with Crippen molar-refractivity contribution in [3.8, 4) is 0 Å². The highest BCUT2D eigenvalue weighted by atomic mass is 79.9. The van der Waals surface area contributed by atoms with Gasteiger partial charge < -0.3 is 0 Å². The van der Waals surface area contributed by atoms with Gasteiger partial charge in [-0.05, 0) is 22.4 Å². The molecule has 60 valence electrons. The average molecular weight is 230 g/mol. The molecular formula is C7H11BrClF. The Bertz CT molecular complexity index is 112. The number of unbranched alkanes of at least 4 members (excludes halogenated alkanes) is 2. The first kappa shape index (κ1) is 10.4. The third kappa shape index (κ3) is 5.24. The van der Waals surface area contributed by atoms with E-state index in [0.717, 1.165) is 19.3 Å². The summed E-state index contributed by atoms with van der Waals surface area (Å²) >= 11 is 8.22. The topological polar surface area (TPSA) is 0 Å². The van der Waals surface area contributed by atoms with E-state index in [1.165, 1.54) is 0 Å². The number of allylic oxidation sites excluding steroid dienone is 2. The van der Waals surface area contributed by atoms with Crippen LogP contribution in [0.3, 0.4) is 0 Å². The van der Waals surface area contributed by atoms with Gasteiger partial charge in [-0.15, -0.1) is 0 Å². The second kappa shape index (κ2) is 6.17. The van der Waals surface area contributed by atoms with Crippen LogP contribution in [0.25, 0.3) is 0 Å². The highest BCUT2D eigenvalue weighted by Crippen LogP contribution is 2.18. The predicted molar refractivity (Wildman–Crippen MR) is 47.3 cm³/mol. The fourth-order valence-electron chi connectivity index (χ4n) is 0.533. The molecule has 0 aliphatic carbocycles. The molecule has 1 atom stereocenters. The third-order valence-electron chi connectivity index (χ3n) is 1.11. The van der Waals surface area contributed by atoms with Crippen molar-refractivity contribution in [3.63, 3.8) is 0 Å². The number of hydrogen-bond acceptors (Lipinski definition) is 0. The van der Waals surface area contributed by atoms with Gasteiger partial charge in [-0.2, -0.15) is 0 Å². The molecule has 0 saturated carbocycles. The number of hydrogen-bond donors (Lipinski definition) is 0. The highest BCUT2D eigenvalue weighted by Gasteiger charge is 2.02. The van der Waals surface area contributed by atoms with Crippen molar-refractivity contribution in [2.75, 3.05) is 0 Å². The molecule has 0 radical (unpaired) electrons. The molecule has 0 amide bonds. The van der Waals surface area contributed by atoms with Crippen LogP contribution in [-0.4, -0.2) is 5.08 Å². The fourth-order valence-corrected chi connectivity index (χ4v) is 0.829. The molecule has 0 aliphatic heterocycles. The van der Waals surface area contributed by atoms with Crippen molar-refractivity contribution in [3.05, 3.63) is 11.1 Å². The van der Waals surface area contributed by atoms with Crippen molar-refractivity contribution in [2.24, 2.45) is 0 Å². The summed E-state index contributed by atoms with van der Waals surface area (Å²) in [6.45, 7) is 2.09. The van der Waals surface area contributed by atoms with Crippen molar-refractivity contribution >= 4 is 27.5 Å². The molecule has 0 aromatic carbocycles. The average Bonchev–Trinajstić information content (AvgIpc) is 1.88. The van der Waals surface area contributed by atoms with Crippen molar-refractivity contribution in [2.45, 2.75) is 31.3 Å². The van der Waals surface area contributed by atoms with E-state index in [9.17, 15) is 4.39 Å². The van der Waals surface area contributed by atoms with E-state index in [0.29, 0.717) is 0 Å². The molecule has 0 bridgehead atoms. The summed E-state index contributed by atoms with van der Waals surface area (Å²) in [5.74, 6) is 0. The van der Waals surface area contributed by atoms with Crippen LogP contribution in [0.4, 0.5) is 4.39 Å². The normalized spacial score (nSPS) is 15.4. The second-order valence-electron chi connectivity index (χ2n) is 2.03.